The van der Waals surface area contributed by atoms with Gasteiger partial charge in [0, 0.05) is 18.4 Å². The number of hydrogen-bond donors (Lipinski definition) is 3. The predicted octanol–water partition coefficient (Wildman–Crippen LogP) is 1.11. The SMILES string of the molecule is NC(=O)C1CCCN1Cc1ccccc1NC(=O)c1ccn[nH]1. The fraction of sp³-hybridized carbons (Fsp3) is 0.312. The molecule has 1 fully saturated rings. The zero-order valence-electron chi connectivity index (χ0n) is 12.7. The summed E-state index contributed by atoms with van der Waals surface area (Å²) in [6, 6.07) is 8.95. The molecule has 7 heteroatoms. The lowest BCUT2D eigenvalue weighted by atomic mass is 10.1. The van der Waals surface area contributed by atoms with Gasteiger partial charge >= 0.3 is 0 Å². The van der Waals surface area contributed by atoms with Gasteiger partial charge in [-0.15, -0.1) is 0 Å². The quantitative estimate of drug-likeness (QED) is 0.769. The number of carbonyl (C=O) groups excluding carboxylic acids is 2. The van der Waals surface area contributed by atoms with E-state index in [0.717, 1.165) is 30.6 Å². The maximum atomic E-state index is 12.2. The van der Waals surface area contributed by atoms with E-state index >= 15 is 0 Å². The summed E-state index contributed by atoms with van der Waals surface area (Å²) < 4.78 is 0. The highest BCUT2D eigenvalue weighted by Gasteiger charge is 2.29. The average molecular weight is 313 g/mol. The maximum absolute atomic E-state index is 12.2. The average Bonchev–Trinajstić information content (AvgIpc) is 3.20. The fourth-order valence-corrected chi connectivity index (χ4v) is 2.91. The second-order valence-corrected chi connectivity index (χ2v) is 5.61. The molecule has 120 valence electrons. The second-order valence-electron chi connectivity index (χ2n) is 5.61. The van der Waals surface area contributed by atoms with Crippen LogP contribution in [0.25, 0.3) is 0 Å². The number of aromatic amines is 1. The number of benzene rings is 1. The lowest BCUT2D eigenvalue weighted by Crippen LogP contribution is -2.39. The van der Waals surface area contributed by atoms with Gasteiger partial charge in [0.2, 0.25) is 5.91 Å². The molecule has 0 aliphatic carbocycles. The monoisotopic (exact) mass is 313 g/mol. The van der Waals surface area contributed by atoms with Gasteiger partial charge in [-0.3, -0.25) is 19.6 Å². The molecular weight excluding hydrogens is 294 g/mol. The van der Waals surface area contributed by atoms with Crippen molar-refractivity contribution >= 4 is 17.5 Å². The lowest BCUT2D eigenvalue weighted by molar-refractivity contribution is -0.122. The number of nitrogens with two attached hydrogens (primary N) is 1. The van der Waals surface area contributed by atoms with Crippen LogP contribution in [0.2, 0.25) is 0 Å². The summed E-state index contributed by atoms with van der Waals surface area (Å²) in [4.78, 5) is 25.7. The van der Waals surface area contributed by atoms with Gasteiger partial charge in [0.05, 0.1) is 6.04 Å². The van der Waals surface area contributed by atoms with E-state index in [1.807, 2.05) is 24.3 Å². The number of primary amides is 1. The van der Waals surface area contributed by atoms with Crippen LogP contribution in [0.1, 0.15) is 28.9 Å². The molecule has 2 heterocycles. The van der Waals surface area contributed by atoms with Crippen molar-refractivity contribution in [1.82, 2.24) is 15.1 Å². The number of para-hydroxylation sites is 1. The molecule has 2 amide bonds. The van der Waals surface area contributed by atoms with Gasteiger partial charge in [0.1, 0.15) is 5.69 Å². The van der Waals surface area contributed by atoms with E-state index in [0.29, 0.717) is 12.2 Å². The Morgan fingerprint density at radius 1 is 1.35 bits per heavy atom. The Morgan fingerprint density at radius 2 is 2.17 bits per heavy atom. The van der Waals surface area contributed by atoms with Crippen molar-refractivity contribution in [3.63, 3.8) is 0 Å². The van der Waals surface area contributed by atoms with Gasteiger partial charge in [0.25, 0.3) is 5.91 Å². The van der Waals surface area contributed by atoms with Gasteiger partial charge in [-0.2, -0.15) is 5.10 Å². The molecule has 7 nitrogen and oxygen atoms in total. The van der Waals surface area contributed by atoms with Crippen LogP contribution in [0.3, 0.4) is 0 Å². The summed E-state index contributed by atoms with van der Waals surface area (Å²) in [7, 11) is 0. The van der Waals surface area contributed by atoms with Crippen molar-refractivity contribution in [2.24, 2.45) is 5.73 Å². The minimum Gasteiger partial charge on any atom is -0.368 e. The van der Waals surface area contributed by atoms with Crippen molar-refractivity contribution in [3.05, 3.63) is 47.8 Å². The van der Waals surface area contributed by atoms with Crippen LogP contribution in [0.5, 0.6) is 0 Å². The number of aromatic nitrogens is 2. The summed E-state index contributed by atoms with van der Waals surface area (Å²) in [5.74, 6) is -0.538. The van der Waals surface area contributed by atoms with Crippen LogP contribution in [0.4, 0.5) is 5.69 Å². The van der Waals surface area contributed by atoms with Crippen LogP contribution in [0.15, 0.2) is 36.5 Å². The molecule has 0 radical (unpaired) electrons. The topological polar surface area (TPSA) is 104 Å². The van der Waals surface area contributed by atoms with E-state index in [1.54, 1.807) is 6.07 Å². The number of carbonyl (C=O) groups is 2. The highest BCUT2D eigenvalue weighted by atomic mass is 16.2. The van der Waals surface area contributed by atoms with Gasteiger partial charge in [-0.25, -0.2) is 0 Å². The molecule has 0 spiro atoms. The van der Waals surface area contributed by atoms with Crippen LogP contribution < -0.4 is 11.1 Å². The Kier molecular flexibility index (Phi) is 4.38. The van der Waals surface area contributed by atoms with Crippen molar-refractivity contribution in [1.29, 1.82) is 0 Å². The zero-order valence-corrected chi connectivity index (χ0v) is 12.7. The minimum atomic E-state index is -0.290. The molecule has 0 bridgehead atoms. The fourth-order valence-electron chi connectivity index (χ4n) is 2.91. The maximum Gasteiger partial charge on any atom is 0.273 e. The van der Waals surface area contributed by atoms with E-state index in [1.165, 1.54) is 6.20 Å². The Balaban J connectivity index is 1.75. The standard InChI is InChI=1S/C16H19N5O2/c17-15(22)14-6-3-9-21(14)10-11-4-1-2-5-12(11)19-16(23)13-7-8-18-20-13/h1-2,4-5,7-8,14H,3,6,9-10H2,(H2,17,22)(H,18,20)(H,19,23). The predicted molar refractivity (Wildman–Crippen MR) is 85.6 cm³/mol. The molecule has 0 saturated carbocycles. The number of H-pyrrole nitrogens is 1. The summed E-state index contributed by atoms with van der Waals surface area (Å²) in [5, 5.41) is 9.29. The Labute approximate surface area is 133 Å². The number of nitrogens with one attached hydrogen (secondary N) is 2. The van der Waals surface area contributed by atoms with E-state index < -0.39 is 0 Å². The number of anilines is 1. The van der Waals surface area contributed by atoms with Gasteiger partial charge in [-0.05, 0) is 37.1 Å². The molecule has 1 saturated heterocycles. The Bertz CT molecular complexity index is 698. The van der Waals surface area contributed by atoms with Gasteiger partial charge < -0.3 is 11.1 Å². The van der Waals surface area contributed by atoms with Crippen molar-refractivity contribution in [2.45, 2.75) is 25.4 Å². The first-order valence-electron chi connectivity index (χ1n) is 7.57. The highest BCUT2D eigenvalue weighted by Crippen LogP contribution is 2.24. The van der Waals surface area contributed by atoms with Crippen LogP contribution >= 0.6 is 0 Å². The molecule has 1 atom stereocenters. The third-order valence-corrected chi connectivity index (χ3v) is 4.08. The summed E-state index contributed by atoms with van der Waals surface area (Å²) in [5.41, 5.74) is 7.54. The largest absolute Gasteiger partial charge is 0.368 e. The Hall–Kier alpha value is -2.67. The second kappa shape index (κ2) is 6.62. The van der Waals surface area contributed by atoms with Gasteiger partial charge in [0.15, 0.2) is 0 Å². The highest BCUT2D eigenvalue weighted by molar-refractivity contribution is 6.03. The molecule has 2 aromatic rings. The molecular formula is C16H19N5O2. The number of likely N-dealkylation sites (tertiary alicyclic amines) is 1. The number of nitrogens with zero attached hydrogens (tertiary/aromatic N) is 2. The first kappa shape index (κ1) is 15.2. The van der Waals surface area contributed by atoms with E-state index in [9.17, 15) is 9.59 Å². The smallest absolute Gasteiger partial charge is 0.273 e. The molecule has 1 aromatic heterocycles. The molecule has 1 aromatic carbocycles. The van der Waals surface area contributed by atoms with Gasteiger partial charge in [-0.1, -0.05) is 18.2 Å². The molecule has 4 N–H and O–H groups in total. The summed E-state index contributed by atoms with van der Waals surface area (Å²) in [6.45, 7) is 1.41. The van der Waals surface area contributed by atoms with E-state index in [-0.39, 0.29) is 17.9 Å². The Morgan fingerprint density at radius 3 is 2.91 bits per heavy atom. The molecule has 23 heavy (non-hydrogen) atoms. The van der Waals surface area contributed by atoms with E-state index in [4.69, 9.17) is 5.73 Å². The van der Waals surface area contributed by atoms with Crippen molar-refractivity contribution in [2.75, 3.05) is 11.9 Å². The van der Waals surface area contributed by atoms with Crippen molar-refractivity contribution < 1.29 is 9.59 Å². The first-order chi connectivity index (χ1) is 11.1. The molecule has 1 unspecified atom stereocenters. The number of hydrogen-bond acceptors (Lipinski definition) is 4. The van der Waals surface area contributed by atoms with Crippen molar-refractivity contribution in [3.8, 4) is 0 Å². The third kappa shape index (κ3) is 3.40. The summed E-state index contributed by atoms with van der Waals surface area (Å²) in [6.07, 6.45) is 3.27. The molecule has 1 aliphatic heterocycles. The lowest BCUT2D eigenvalue weighted by Gasteiger charge is -2.23. The molecule has 1 aliphatic rings. The van der Waals surface area contributed by atoms with Crippen LogP contribution in [-0.4, -0.2) is 39.5 Å². The van der Waals surface area contributed by atoms with E-state index in [2.05, 4.69) is 20.4 Å². The third-order valence-electron chi connectivity index (χ3n) is 4.08. The van der Waals surface area contributed by atoms with Crippen LogP contribution in [0, 0.1) is 0 Å². The number of amides is 2. The molecule has 3 rings (SSSR count). The normalized spacial score (nSPS) is 18.0. The first-order valence-corrected chi connectivity index (χ1v) is 7.57. The minimum absolute atomic E-state index is 0.230. The zero-order chi connectivity index (χ0) is 16.2. The van der Waals surface area contributed by atoms with Crippen LogP contribution in [-0.2, 0) is 11.3 Å². The summed E-state index contributed by atoms with van der Waals surface area (Å²) >= 11 is 0. The number of rotatable bonds is 5.